The van der Waals surface area contributed by atoms with Crippen molar-refractivity contribution in [1.29, 1.82) is 0 Å². The van der Waals surface area contributed by atoms with Crippen LogP contribution in [-0.2, 0) is 6.42 Å². The summed E-state index contributed by atoms with van der Waals surface area (Å²) in [6, 6.07) is 7.69. The van der Waals surface area contributed by atoms with Crippen LogP contribution in [0.25, 0.3) is 0 Å². The first kappa shape index (κ1) is 19.2. The Morgan fingerprint density at radius 3 is 2.71 bits per heavy atom. The number of amidine groups is 1. The third kappa shape index (κ3) is 4.16. The first-order valence-corrected chi connectivity index (χ1v) is 10.3. The standard InChI is InChI=1S/C20H27ClN6O/c21-15-8-6-13(7-9-15)10-11-23-20(28)27-16-12-24-17(14-4-2-1-3-5-14)25-18(16)26-19(27)22/h6-9,12,14,18,20,23,28H,1-5,10-11H2,(H2,22,26)(H,24,25). The topological polar surface area (TPSA) is 98.3 Å². The van der Waals surface area contributed by atoms with Gasteiger partial charge in [-0.25, -0.2) is 9.98 Å². The quantitative estimate of drug-likeness (QED) is 0.546. The van der Waals surface area contributed by atoms with Gasteiger partial charge in [0.05, 0.1) is 5.70 Å². The largest absolute Gasteiger partial charge is 0.369 e. The van der Waals surface area contributed by atoms with E-state index in [0.29, 0.717) is 17.5 Å². The van der Waals surface area contributed by atoms with E-state index in [2.05, 4.69) is 15.6 Å². The van der Waals surface area contributed by atoms with Gasteiger partial charge in [-0.2, -0.15) is 0 Å². The Labute approximate surface area is 170 Å². The molecule has 2 aliphatic heterocycles. The van der Waals surface area contributed by atoms with E-state index in [0.717, 1.165) is 23.5 Å². The minimum atomic E-state index is -0.958. The number of guanidine groups is 1. The van der Waals surface area contributed by atoms with Crippen molar-refractivity contribution in [2.75, 3.05) is 6.54 Å². The van der Waals surface area contributed by atoms with Gasteiger partial charge in [0, 0.05) is 23.7 Å². The molecular formula is C20H27ClN6O. The van der Waals surface area contributed by atoms with Crippen LogP contribution in [-0.4, -0.2) is 40.9 Å². The van der Waals surface area contributed by atoms with Crippen molar-refractivity contribution in [3.63, 3.8) is 0 Å². The average Bonchev–Trinajstić information content (AvgIpc) is 3.05. The molecule has 5 N–H and O–H groups in total. The zero-order chi connectivity index (χ0) is 19.5. The SMILES string of the molecule is NC1=NC2N=C(C3CCCCC3)NC=C2N1C(O)NCCc1ccc(Cl)cc1. The van der Waals surface area contributed by atoms with Crippen molar-refractivity contribution in [1.82, 2.24) is 15.5 Å². The Balaban J connectivity index is 1.34. The van der Waals surface area contributed by atoms with E-state index in [1.54, 1.807) is 4.90 Å². The third-order valence-corrected chi connectivity index (χ3v) is 5.82. The molecule has 2 atom stereocenters. The molecule has 1 saturated carbocycles. The number of nitrogens with two attached hydrogens (primary N) is 1. The van der Waals surface area contributed by atoms with Crippen LogP contribution in [0.1, 0.15) is 37.7 Å². The van der Waals surface area contributed by atoms with Gasteiger partial charge in [0.1, 0.15) is 5.84 Å². The van der Waals surface area contributed by atoms with Gasteiger partial charge in [-0.1, -0.05) is 43.0 Å². The number of rotatable bonds is 6. The molecule has 7 nitrogen and oxygen atoms in total. The fourth-order valence-electron chi connectivity index (χ4n) is 4.02. The minimum absolute atomic E-state index is 0.276. The normalized spacial score (nSPS) is 23.4. The number of aliphatic hydroxyl groups excluding tert-OH is 1. The molecule has 2 heterocycles. The van der Waals surface area contributed by atoms with Crippen LogP contribution in [0.5, 0.6) is 0 Å². The lowest BCUT2D eigenvalue weighted by molar-refractivity contribution is 0.0430. The average molecular weight is 403 g/mol. The Hall–Kier alpha value is -2.09. The molecular weight excluding hydrogens is 376 g/mol. The molecule has 0 saturated heterocycles. The van der Waals surface area contributed by atoms with Crippen molar-refractivity contribution in [3.8, 4) is 0 Å². The Kier molecular flexibility index (Phi) is 5.85. The predicted octanol–water partition coefficient (Wildman–Crippen LogP) is 2.13. The summed E-state index contributed by atoms with van der Waals surface area (Å²) in [7, 11) is 0. The molecule has 0 aromatic heterocycles. The lowest BCUT2D eigenvalue weighted by Crippen LogP contribution is -2.50. The molecule has 3 aliphatic rings. The number of aliphatic imine (C=N–C) groups is 2. The number of benzene rings is 1. The van der Waals surface area contributed by atoms with Crippen molar-refractivity contribution in [2.24, 2.45) is 21.6 Å². The highest BCUT2D eigenvalue weighted by molar-refractivity contribution is 6.30. The summed E-state index contributed by atoms with van der Waals surface area (Å²) in [4.78, 5) is 10.8. The Bertz CT molecular complexity index is 784. The second-order valence-electron chi connectivity index (χ2n) is 7.50. The lowest BCUT2D eigenvalue weighted by atomic mass is 9.88. The molecule has 1 aromatic rings. The maximum atomic E-state index is 10.6. The summed E-state index contributed by atoms with van der Waals surface area (Å²) in [5.41, 5.74) is 8.00. The molecule has 0 spiro atoms. The first-order chi connectivity index (χ1) is 13.6. The summed E-state index contributed by atoms with van der Waals surface area (Å²) in [5, 5.41) is 17.7. The number of hydrogen-bond donors (Lipinski definition) is 4. The van der Waals surface area contributed by atoms with E-state index in [-0.39, 0.29) is 12.1 Å². The molecule has 2 unspecified atom stereocenters. The van der Waals surface area contributed by atoms with Gasteiger partial charge in [-0.3, -0.25) is 10.2 Å². The smallest absolute Gasteiger partial charge is 0.201 e. The van der Waals surface area contributed by atoms with E-state index in [1.165, 1.54) is 32.1 Å². The van der Waals surface area contributed by atoms with Crippen molar-refractivity contribution in [3.05, 3.63) is 46.7 Å². The van der Waals surface area contributed by atoms with Gasteiger partial charge >= 0.3 is 0 Å². The van der Waals surface area contributed by atoms with Crippen LogP contribution in [0.2, 0.25) is 5.02 Å². The molecule has 8 heteroatoms. The van der Waals surface area contributed by atoms with Gasteiger partial charge in [0.15, 0.2) is 12.5 Å². The maximum Gasteiger partial charge on any atom is 0.201 e. The van der Waals surface area contributed by atoms with Crippen LogP contribution in [0.4, 0.5) is 0 Å². The van der Waals surface area contributed by atoms with Crippen molar-refractivity contribution in [2.45, 2.75) is 51.0 Å². The van der Waals surface area contributed by atoms with E-state index < -0.39 is 6.35 Å². The number of aliphatic hydroxyl groups is 1. The molecule has 0 amide bonds. The predicted molar refractivity (Wildman–Crippen MR) is 112 cm³/mol. The monoisotopic (exact) mass is 402 g/mol. The molecule has 0 radical (unpaired) electrons. The van der Waals surface area contributed by atoms with Gasteiger partial charge in [0.2, 0.25) is 5.96 Å². The van der Waals surface area contributed by atoms with Gasteiger partial charge < -0.3 is 16.2 Å². The van der Waals surface area contributed by atoms with Gasteiger partial charge in [-0.15, -0.1) is 0 Å². The second kappa shape index (κ2) is 8.51. The van der Waals surface area contributed by atoms with Crippen LogP contribution in [0.15, 0.2) is 46.1 Å². The first-order valence-electron chi connectivity index (χ1n) is 9.94. The van der Waals surface area contributed by atoms with Crippen LogP contribution < -0.4 is 16.4 Å². The van der Waals surface area contributed by atoms with E-state index in [1.807, 2.05) is 30.5 Å². The van der Waals surface area contributed by atoms with Crippen molar-refractivity contribution < 1.29 is 5.11 Å². The molecule has 1 aromatic carbocycles. The summed E-state index contributed by atoms with van der Waals surface area (Å²) in [5.74, 6) is 1.75. The molecule has 28 heavy (non-hydrogen) atoms. The fourth-order valence-corrected chi connectivity index (χ4v) is 4.15. The Morgan fingerprint density at radius 2 is 1.96 bits per heavy atom. The molecule has 150 valence electrons. The van der Waals surface area contributed by atoms with Gasteiger partial charge in [-0.05, 0) is 37.0 Å². The summed E-state index contributed by atoms with van der Waals surface area (Å²) < 4.78 is 0. The number of nitrogens with zero attached hydrogens (tertiary/aromatic N) is 3. The van der Waals surface area contributed by atoms with E-state index in [4.69, 9.17) is 22.3 Å². The number of fused-ring (bicyclic) bond motifs is 1. The number of nitrogens with one attached hydrogen (secondary N) is 2. The zero-order valence-corrected chi connectivity index (χ0v) is 16.6. The highest BCUT2D eigenvalue weighted by Gasteiger charge is 2.36. The lowest BCUT2D eigenvalue weighted by Gasteiger charge is -2.31. The highest BCUT2D eigenvalue weighted by atomic mass is 35.5. The number of halogens is 1. The molecule has 1 fully saturated rings. The summed E-state index contributed by atoms with van der Waals surface area (Å²) in [6.07, 6.45) is 7.46. The minimum Gasteiger partial charge on any atom is -0.369 e. The molecule has 0 bridgehead atoms. The maximum absolute atomic E-state index is 10.6. The summed E-state index contributed by atoms with van der Waals surface area (Å²) >= 11 is 5.91. The fraction of sp³-hybridized carbons (Fsp3) is 0.500. The van der Waals surface area contributed by atoms with Crippen LogP contribution >= 0.6 is 11.6 Å². The van der Waals surface area contributed by atoms with Crippen LogP contribution in [0, 0.1) is 5.92 Å². The number of hydrogen-bond acceptors (Lipinski definition) is 7. The molecule has 1 aliphatic carbocycles. The highest BCUT2D eigenvalue weighted by Crippen LogP contribution is 2.29. The second-order valence-corrected chi connectivity index (χ2v) is 7.93. The van der Waals surface area contributed by atoms with Crippen LogP contribution in [0.3, 0.4) is 0 Å². The third-order valence-electron chi connectivity index (χ3n) is 5.56. The molecule has 4 rings (SSSR count). The summed E-state index contributed by atoms with van der Waals surface area (Å²) in [6.45, 7) is 0.592. The van der Waals surface area contributed by atoms with E-state index in [9.17, 15) is 5.11 Å². The zero-order valence-electron chi connectivity index (χ0n) is 15.8. The van der Waals surface area contributed by atoms with Crippen molar-refractivity contribution >= 4 is 23.4 Å². The Morgan fingerprint density at radius 1 is 1.21 bits per heavy atom. The van der Waals surface area contributed by atoms with Gasteiger partial charge in [0.25, 0.3) is 0 Å². The van der Waals surface area contributed by atoms with E-state index >= 15 is 0 Å².